The lowest BCUT2D eigenvalue weighted by Gasteiger charge is -2.32. The second kappa shape index (κ2) is 8.41. The fraction of sp³-hybridized carbons (Fsp3) is 0.318. The van der Waals surface area contributed by atoms with E-state index in [1.165, 1.54) is 0 Å². The minimum absolute atomic E-state index is 0.215. The number of aliphatic hydroxyl groups is 2. The molecule has 5 N–H and O–H groups in total. The van der Waals surface area contributed by atoms with Crippen molar-refractivity contribution in [3.05, 3.63) is 59.7 Å². The highest BCUT2D eigenvalue weighted by atomic mass is 32.3. The Morgan fingerprint density at radius 1 is 1.17 bits per heavy atom. The number of rotatable bonds is 5. The molecule has 0 radical (unpaired) electrons. The summed E-state index contributed by atoms with van der Waals surface area (Å²) >= 11 is 0. The number of hydrogen-bond donors (Lipinski definition) is 5. The molecule has 7 nitrogen and oxygen atoms in total. The molecule has 0 aliphatic carbocycles. The van der Waals surface area contributed by atoms with Crippen molar-refractivity contribution in [1.82, 2.24) is 4.98 Å². The number of benzene rings is 2. The molecule has 0 spiro atoms. The number of aryl methyl sites for hydroxylation is 1. The molecule has 1 atom stereocenters. The van der Waals surface area contributed by atoms with Gasteiger partial charge in [-0.25, -0.2) is 4.98 Å². The number of nitrogens with one attached hydrogen (secondary N) is 1. The number of anilines is 2. The van der Waals surface area contributed by atoms with Crippen LogP contribution in [0.2, 0.25) is 0 Å². The predicted molar refractivity (Wildman–Crippen MR) is 122 cm³/mol. The zero-order valence-corrected chi connectivity index (χ0v) is 17.6. The van der Waals surface area contributed by atoms with E-state index >= 15 is 0 Å². The van der Waals surface area contributed by atoms with Crippen LogP contribution in [0.25, 0.3) is 10.9 Å². The SMILES string of the molecule is Cc1ccc2nc(N3CCS(O)(O)c4ccccc4C3)cc(NCC(O)CO)c2c1. The van der Waals surface area contributed by atoms with Crippen molar-refractivity contribution in [2.24, 2.45) is 0 Å². The molecule has 30 heavy (non-hydrogen) atoms. The van der Waals surface area contributed by atoms with Crippen molar-refractivity contribution in [1.29, 1.82) is 0 Å². The van der Waals surface area contributed by atoms with Crippen LogP contribution in [-0.4, -0.2) is 55.9 Å². The average molecular weight is 430 g/mol. The molecule has 0 saturated carbocycles. The minimum atomic E-state index is -2.85. The summed E-state index contributed by atoms with van der Waals surface area (Å²) in [5.74, 6) is 0.961. The van der Waals surface area contributed by atoms with E-state index in [0.29, 0.717) is 18.0 Å². The van der Waals surface area contributed by atoms with Crippen LogP contribution >= 0.6 is 10.6 Å². The van der Waals surface area contributed by atoms with Gasteiger partial charge in [-0.1, -0.05) is 29.8 Å². The Morgan fingerprint density at radius 3 is 2.77 bits per heavy atom. The second-order valence-corrected chi connectivity index (χ2v) is 9.85. The van der Waals surface area contributed by atoms with E-state index in [-0.39, 0.29) is 18.9 Å². The van der Waals surface area contributed by atoms with Crippen LogP contribution < -0.4 is 10.2 Å². The summed E-state index contributed by atoms with van der Waals surface area (Å²) in [6.45, 7) is 2.89. The normalized spacial score (nSPS) is 17.8. The van der Waals surface area contributed by atoms with E-state index in [1.807, 2.05) is 54.3 Å². The molecule has 2 aromatic carbocycles. The van der Waals surface area contributed by atoms with E-state index in [0.717, 1.165) is 33.5 Å². The van der Waals surface area contributed by atoms with Crippen molar-refractivity contribution < 1.29 is 19.3 Å². The Morgan fingerprint density at radius 2 is 1.97 bits per heavy atom. The van der Waals surface area contributed by atoms with Crippen LogP contribution in [0.1, 0.15) is 11.1 Å². The first-order valence-corrected chi connectivity index (χ1v) is 11.6. The summed E-state index contributed by atoms with van der Waals surface area (Å²) in [4.78, 5) is 7.48. The topological polar surface area (TPSA) is 109 Å². The lowest BCUT2D eigenvalue weighted by molar-refractivity contribution is 0.105. The zero-order chi connectivity index (χ0) is 21.3. The van der Waals surface area contributed by atoms with Crippen LogP contribution in [0.4, 0.5) is 11.5 Å². The summed E-state index contributed by atoms with van der Waals surface area (Å²) in [5.41, 5.74) is 3.60. The molecule has 1 unspecified atom stereocenters. The third kappa shape index (κ3) is 4.23. The van der Waals surface area contributed by atoms with Gasteiger partial charge in [0.05, 0.1) is 28.9 Å². The molecule has 1 aromatic heterocycles. The quantitative estimate of drug-likeness (QED) is 0.423. The number of pyridine rings is 1. The fourth-order valence-corrected chi connectivity index (χ4v) is 5.25. The number of fused-ring (bicyclic) bond motifs is 2. The molecule has 1 aliphatic heterocycles. The smallest absolute Gasteiger partial charge is 0.131 e. The van der Waals surface area contributed by atoms with Crippen molar-refractivity contribution >= 4 is 33.0 Å². The van der Waals surface area contributed by atoms with Crippen LogP contribution in [0.3, 0.4) is 0 Å². The van der Waals surface area contributed by atoms with Gasteiger partial charge in [-0.05, 0) is 30.7 Å². The number of aromatic nitrogens is 1. The minimum Gasteiger partial charge on any atom is -0.394 e. The first-order valence-electron chi connectivity index (χ1n) is 9.90. The molecule has 8 heteroatoms. The van der Waals surface area contributed by atoms with E-state index in [1.54, 1.807) is 6.07 Å². The lowest BCUT2D eigenvalue weighted by atomic mass is 10.1. The Hall–Kier alpha value is -2.36. The number of nitrogens with zero attached hydrogens (tertiary/aromatic N) is 2. The molecule has 3 aromatic rings. The van der Waals surface area contributed by atoms with Crippen LogP contribution in [0.15, 0.2) is 53.4 Å². The van der Waals surface area contributed by atoms with Crippen molar-refractivity contribution in [3.63, 3.8) is 0 Å². The molecule has 0 fully saturated rings. The van der Waals surface area contributed by atoms with Gasteiger partial charge in [0.2, 0.25) is 0 Å². The Bertz CT molecular complexity index is 1060. The van der Waals surface area contributed by atoms with Crippen LogP contribution in [0, 0.1) is 6.92 Å². The second-order valence-electron chi connectivity index (χ2n) is 7.67. The third-order valence-corrected chi connectivity index (χ3v) is 7.20. The molecule has 0 amide bonds. The van der Waals surface area contributed by atoms with Crippen LogP contribution in [0.5, 0.6) is 0 Å². The highest BCUT2D eigenvalue weighted by molar-refractivity contribution is 8.24. The maximum absolute atomic E-state index is 10.6. The van der Waals surface area contributed by atoms with Gasteiger partial charge >= 0.3 is 0 Å². The maximum Gasteiger partial charge on any atom is 0.131 e. The first-order chi connectivity index (χ1) is 14.4. The molecule has 0 saturated heterocycles. The highest BCUT2D eigenvalue weighted by Crippen LogP contribution is 2.51. The fourth-order valence-electron chi connectivity index (χ4n) is 3.71. The first kappa shape index (κ1) is 20.9. The predicted octanol–water partition coefficient (Wildman–Crippen LogP) is 3.44. The van der Waals surface area contributed by atoms with Gasteiger partial charge in [0.15, 0.2) is 0 Å². The summed E-state index contributed by atoms with van der Waals surface area (Å²) in [6, 6.07) is 15.4. The van der Waals surface area contributed by atoms with Gasteiger partial charge in [0.25, 0.3) is 0 Å². The molecule has 1 aliphatic rings. The Balaban J connectivity index is 1.74. The van der Waals surface area contributed by atoms with Crippen molar-refractivity contribution in [2.75, 3.05) is 35.7 Å². The monoisotopic (exact) mass is 429 g/mol. The average Bonchev–Trinajstić information content (AvgIpc) is 2.88. The largest absolute Gasteiger partial charge is 0.394 e. The summed E-state index contributed by atoms with van der Waals surface area (Å²) in [6.07, 6.45) is -0.862. The van der Waals surface area contributed by atoms with E-state index < -0.39 is 16.7 Å². The molecule has 0 bridgehead atoms. The van der Waals surface area contributed by atoms with E-state index in [2.05, 4.69) is 5.32 Å². The van der Waals surface area contributed by atoms with Gasteiger partial charge in [-0.2, -0.15) is 10.6 Å². The summed E-state index contributed by atoms with van der Waals surface area (Å²) < 4.78 is 21.3. The van der Waals surface area contributed by atoms with Gasteiger partial charge < -0.3 is 20.4 Å². The molecule has 4 rings (SSSR count). The maximum atomic E-state index is 10.6. The standard InChI is InChI=1S/C22H27N3O4S/c1-15-6-7-19-18(10-15)20(23-12-17(27)14-26)11-22(24-19)25-8-9-30(28,29)21-5-3-2-4-16(21)13-25/h2-7,10-11,17,26-29H,8-9,12-14H2,1H3,(H,23,24). The zero-order valence-electron chi connectivity index (χ0n) is 16.8. The Labute approximate surface area is 177 Å². The molecular formula is C22H27N3O4S. The third-order valence-electron chi connectivity index (χ3n) is 5.35. The highest BCUT2D eigenvalue weighted by Gasteiger charge is 2.26. The Kier molecular flexibility index (Phi) is 5.86. The van der Waals surface area contributed by atoms with Gasteiger partial charge in [0.1, 0.15) is 5.82 Å². The number of aliphatic hydroxyl groups excluding tert-OH is 2. The molecular weight excluding hydrogens is 402 g/mol. The van der Waals surface area contributed by atoms with Gasteiger partial charge in [0, 0.05) is 36.8 Å². The van der Waals surface area contributed by atoms with Crippen molar-refractivity contribution in [3.8, 4) is 0 Å². The van der Waals surface area contributed by atoms with Crippen molar-refractivity contribution in [2.45, 2.75) is 24.5 Å². The summed E-state index contributed by atoms with van der Waals surface area (Å²) in [5, 5.41) is 23.1. The van der Waals surface area contributed by atoms with Crippen LogP contribution in [-0.2, 0) is 6.54 Å². The van der Waals surface area contributed by atoms with Gasteiger partial charge in [-0.3, -0.25) is 9.11 Å². The molecule has 2 heterocycles. The summed E-state index contributed by atoms with van der Waals surface area (Å²) in [7, 11) is -2.85. The van der Waals surface area contributed by atoms with E-state index in [9.17, 15) is 14.2 Å². The number of hydrogen-bond acceptors (Lipinski definition) is 7. The lowest BCUT2D eigenvalue weighted by Crippen LogP contribution is -2.26. The van der Waals surface area contributed by atoms with E-state index in [4.69, 9.17) is 10.1 Å². The van der Waals surface area contributed by atoms with Gasteiger partial charge in [-0.15, -0.1) is 0 Å². The molecule has 160 valence electrons.